The molecule has 12 nitrogen and oxygen atoms in total. The van der Waals surface area contributed by atoms with Crippen LogP contribution in [0.1, 0.15) is 82.7 Å². The lowest BCUT2D eigenvalue weighted by Gasteiger charge is -2.65. The molecule has 6 aliphatic rings. The Hall–Kier alpha value is -5.69. The minimum absolute atomic E-state index is 0.0193. The van der Waals surface area contributed by atoms with Gasteiger partial charge in [0.1, 0.15) is 17.9 Å². The van der Waals surface area contributed by atoms with Crippen molar-refractivity contribution < 1.29 is 28.7 Å². The van der Waals surface area contributed by atoms with Gasteiger partial charge in [-0.05, 0) is 54.4 Å². The van der Waals surface area contributed by atoms with Crippen molar-refractivity contribution >= 4 is 52.5 Å². The predicted molar refractivity (Wildman–Crippen MR) is 211 cm³/mol. The number of likely N-dealkylation sites (tertiary alicyclic amines) is 1. The molecule has 4 fully saturated rings. The number of carbonyl (C=O) groups is 5. The van der Waals surface area contributed by atoms with Crippen molar-refractivity contribution in [1.29, 1.82) is 0 Å². The Balaban J connectivity index is 0.799. The third-order valence-corrected chi connectivity index (χ3v) is 13.1. The molecule has 5 aliphatic heterocycles. The zero-order chi connectivity index (χ0) is 40.1. The van der Waals surface area contributed by atoms with Crippen LogP contribution in [0.15, 0.2) is 54.6 Å². The minimum atomic E-state index is -0.995. The number of halogens is 1. The van der Waals surface area contributed by atoms with Crippen molar-refractivity contribution in [3.05, 3.63) is 98.9 Å². The summed E-state index contributed by atoms with van der Waals surface area (Å²) in [5.74, 6) is 5.62. The van der Waals surface area contributed by atoms with E-state index in [0.29, 0.717) is 58.9 Å². The summed E-state index contributed by atoms with van der Waals surface area (Å²) >= 11 is 6.29. The van der Waals surface area contributed by atoms with Gasteiger partial charge >= 0.3 is 0 Å². The third kappa shape index (κ3) is 5.80. The molecule has 5 amide bonds. The molecule has 3 aromatic rings. The molecule has 1 aliphatic carbocycles. The Morgan fingerprint density at radius 2 is 1.65 bits per heavy atom. The summed E-state index contributed by atoms with van der Waals surface area (Å²) < 4.78 is 6.47. The van der Waals surface area contributed by atoms with E-state index >= 15 is 0 Å². The normalized spacial score (nSPS) is 25.1. The number of imide groups is 2. The quantitative estimate of drug-likeness (QED) is 0.203. The topological polar surface area (TPSA) is 124 Å². The van der Waals surface area contributed by atoms with Crippen LogP contribution in [-0.4, -0.2) is 94.6 Å². The van der Waals surface area contributed by atoms with Crippen LogP contribution >= 0.6 is 11.6 Å². The highest BCUT2D eigenvalue weighted by molar-refractivity contribution is 6.33. The molecule has 1 unspecified atom stereocenters. The first-order chi connectivity index (χ1) is 27.2. The Labute approximate surface area is 335 Å². The first kappa shape index (κ1) is 36.9. The van der Waals surface area contributed by atoms with E-state index in [1.165, 1.54) is 0 Å². The summed E-state index contributed by atoms with van der Waals surface area (Å²) in [5.41, 5.74) is 3.55. The SMILES string of the molecule is [C-]#[N+]c1ccc(OC2C(C)(C)C(N3Cc4cc(C#CC5CN(C6CN(c7cccc8c7C(=O)N(C7CCC(=O)NC7=O)C8=O)C6)C5)ccc4C3=O)C2(C)C)cc1Cl. The van der Waals surface area contributed by atoms with Gasteiger partial charge < -0.3 is 14.5 Å². The van der Waals surface area contributed by atoms with Crippen LogP contribution < -0.4 is 15.0 Å². The molecular formula is C44H41ClN6O6. The number of benzene rings is 3. The van der Waals surface area contributed by atoms with E-state index in [1.807, 2.05) is 29.2 Å². The van der Waals surface area contributed by atoms with Gasteiger partial charge in [-0.15, -0.1) is 0 Å². The van der Waals surface area contributed by atoms with Gasteiger partial charge in [-0.2, -0.15) is 0 Å². The lowest BCUT2D eigenvalue weighted by atomic mass is 9.49. The number of rotatable bonds is 6. The van der Waals surface area contributed by atoms with E-state index in [-0.39, 0.29) is 53.2 Å². The van der Waals surface area contributed by atoms with Crippen LogP contribution in [0.25, 0.3) is 4.85 Å². The summed E-state index contributed by atoms with van der Waals surface area (Å²) in [6.07, 6.45) is 0.0188. The molecular weight excluding hydrogens is 744 g/mol. The van der Waals surface area contributed by atoms with E-state index in [0.717, 1.165) is 29.1 Å². The van der Waals surface area contributed by atoms with Crippen molar-refractivity contribution in [1.82, 2.24) is 20.0 Å². The zero-order valence-electron chi connectivity index (χ0n) is 32.1. The van der Waals surface area contributed by atoms with Crippen molar-refractivity contribution in [3.63, 3.8) is 0 Å². The van der Waals surface area contributed by atoms with Crippen molar-refractivity contribution in [2.45, 2.75) is 71.3 Å². The maximum Gasteiger partial charge on any atom is 0.264 e. The number of hydrogen-bond donors (Lipinski definition) is 1. The lowest BCUT2D eigenvalue weighted by molar-refractivity contribution is -0.199. The van der Waals surface area contributed by atoms with E-state index in [4.69, 9.17) is 22.9 Å². The Kier molecular flexibility index (Phi) is 8.54. The number of anilines is 1. The molecule has 1 atom stereocenters. The second kappa shape index (κ2) is 13.2. The van der Waals surface area contributed by atoms with Crippen molar-refractivity contribution in [2.24, 2.45) is 16.7 Å². The van der Waals surface area contributed by atoms with Crippen LogP contribution in [0.5, 0.6) is 5.75 Å². The highest BCUT2D eigenvalue weighted by Gasteiger charge is 2.67. The largest absolute Gasteiger partial charge is 0.489 e. The first-order valence-electron chi connectivity index (χ1n) is 19.3. The number of fused-ring (bicyclic) bond motifs is 2. The summed E-state index contributed by atoms with van der Waals surface area (Å²) in [6, 6.07) is 15.5. The number of nitrogens with zero attached hydrogens (tertiary/aromatic N) is 5. The van der Waals surface area contributed by atoms with E-state index in [2.05, 4.69) is 59.5 Å². The van der Waals surface area contributed by atoms with Crippen LogP contribution in [-0.2, 0) is 16.1 Å². The summed E-state index contributed by atoms with van der Waals surface area (Å²) in [6.45, 7) is 19.4. The van der Waals surface area contributed by atoms with Gasteiger partial charge in [0.25, 0.3) is 17.7 Å². The van der Waals surface area contributed by atoms with E-state index in [9.17, 15) is 24.0 Å². The minimum Gasteiger partial charge on any atom is -0.489 e. The van der Waals surface area contributed by atoms with Gasteiger partial charge in [0, 0.05) is 79.1 Å². The Morgan fingerprint density at radius 3 is 2.35 bits per heavy atom. The Bertz CT molecular complexity index is 2400. The second-order valence-corrected chi connectivity index (χ2v) is 17.6. The number of piperidine rings is 1. The molecule has 290 valence electrons. The number of carbonyl (C=O) groups excluding carboxylic acids is 5. The first-order valence-corrected chi connectivity index (χ1v) is 19.7. The molecule has 13 heteroatoms. The van der Waals surface area contributed by atoms with Gasteiger partial charge in [0.05, 0.1) is 28.4 Å². The summed E-state index contributed by atoms with van der Waals surface area (Å²) in [5, 5.41) is 2.60. The van der Waals surface area contributed by atoms with E-state index < -0.39 is 29.7 Å². The number of nitrogens with one attached hydrogen (secondary N) is 1. The lowest BCUT2D eigenvalue weighted by Crippen LogP contribution is -2.74. The highest BCUT2D eigenvalue weighted by atomic mass is 35.5. The zero-order valence-corrected chi connectivity index (χ0v) is 32.9. The van der Waals surface area contributed by atoms with Gasteiger partial charge in [0.2, 0.25) is 17.5 Å². The second-order valence-electron chi connectivity index (χ2n) is 17.2. The average Bonchev–Trinajstić information content (AvgIpc) is 3.57. The van der Waals surface area contributed by atoms with Crippen LogP contribution in [0.3, 0.4) is 0 Å². The van der Waals surface area contributed by atoms with Gasteiger partial charge in [-0.25, -0.2) is 4.85 Å². The van der Waals surface area contributed by atoms with Gasteiger partial charge in [-0.3, -0.25) is 39.1 Å². The van der Waals surface area contributed by atoms with Gasteiger partial charge in [0.15, 0.2) is 0 Å². The summed E-state index contributed by atoms with van der Waals surface area (Å²) in [7, 11) is 0. The van der Waals surface area contributed by atoms with Gasteiger partial charge in [-0.1, -0.05) is 63.3 Å². The monoisotopic (exact) mass is 784 g/mol. The fourth-order valence-corrected chi connectivity index (χ4v) is 10.6. The van der Waals surface area contributed by atoms with Crippen LogP contribution in [0, 0.1) is 35.2 Å². The molecule has 1 saturated carbocycles. The highest BCUT2D eigenvalue weighted by Crippen LogP contribution is 2.59. The fraction of sp³-hybridized carbons (Fsp3) is 0.409. The van der Waals surface area contributed by atoms with Crippen molar-refractivity contribution in [3.8, 4) is 17.6 Å². The number of hydrogen-bond acceptors (Lipinski definition) is 8. The smallest absolute Gasteiger partial charge is 0.264 e. The predicted octanol–water partition coefficient (Wildman–Crippen LogP) is 5.30. The van der Waals surface area contributed by atoms with Crippen LogP contribution in [0.4, 0.5) is 11.4 Å². The summed E-state index contributed by atoms with van der Waals surface area (Å²) in [4.78, 5) is 75.7. The molecule has 0 spiro atoms. The maximum atomic E-state index is 13.8. The molecule has 57 heavy (non-hydrogen) atoms. The molecule has 0 aromatic heterocycles. The number of ether oxygens (including phenoxy) is 1. The maximum absolute atomic E-state index is 13.8. The fourth-order valence-electron chi connectivity index (χ4n) is 10.4. The average molecular weight is 785 g/mol. The van der Waals surface area contributed by atoms with Crippen molar-refractivity contribution in [2.75, 3.05) is 31.1 Å². The molecule has 0 bridgehead atoms. The van der Waals surface area contributed by atoms with E-state index in [1.54, 1.807) is 30.3 Å². The standard InChI is InChI=1S/C44H41ClN6O6/c1-43(2)41(44(3,4)42(43)57-28-12-14-32(46-5)31(45)18-28)50-21-26-17-24(11-13-29(26)38(50)54)9-10-25-19-48(20-25)27-22-49(23-27)33-8-6-7-30-36(33)40(56)51(39(30)55)34-15-16-35(52)47-37(34)53/h6-8,11-14,17-18,25,27,34,41-42H,15-16,19-23H2,1-4H3,(H,47,52,53). The molecule has 3 saturated heterocycles. The Morgan fingerprint density at radius 1 is 0.895 bits per heavy atom. The molecule has 5 heterocycles. The molecule has 1 N–H and O–H groups in total. The molecule has 0 radical (unpaired) electrons. The molecule has 9 rings (SSSR count). The number of amides is 5. The van der Waals surface area contributed by atoms with Crippen LogP contribution in [0.2, 0.25) is 5.02 Å². The third-order valence-electron chi connectivity index (χ3n) is 12.8. The molecule has 3 aromatic carbocycles.